The van der Waals surface area contributed by atoms with Gasteiger partial charge in [0.2, 0.25) is 0 Å². The van der Waals surface area contributed by atoms with E-state index in [1.807, 2.05) is 19.0 Å². The number of hydrogen-bond donors (Lipinski definition) is 0. The molecule has 1 saturated heterocycles. The summed E-state index contributed by atoms with van der Waals surface area (Å²) in [6.45, 7) is 0.805. The minimum atomic E-state index is -4.53. The van der Waals surface area contributed by atoms with E-state index in [1.165, 1.54) is 28.8 Å². The summed E-state index contributed by atoms with van der Waals surface area (Å²) >= 11 is 0.890. The lowest BCUT2D eigenvalue weighted by molar-refractivity contribution is -0.138. The average molecular weight is 505 g/mol. The van der Waals surface area contributed by atoms with Crippen molar-refractivity contribution in [1.82, 2.24) is 19.6 Å². The lowest BCUT2D eigenvalue weighted by atomic mass is 10.1. The Morgan fingerprint density at radius 3 is 2.60 bits per heavy atom. The second-order valence-corrected chi connectivity index (χ2v) is 9.27. The molecule has 0 spiro atoms. The summed E-state index contributed by atoms with van der Waals surface area (Å²) in [5, 5.41) is 4.66. The molecule has 11 heteroatoms. The van der Waals surface area contributed by atoms with E-state index in [1.54, 1.807) is 30.5 Å². The van der Waals surface area contributed by atoms with Gasteiger partial charge in [0.25, 0.3) is 11.1 Å². The maximum Gasteiger partial charge on any atom is 0.416 e. The van der Waals surface area contributed by atoms with Gasteiger partial charge in [0.15, 0.2) is 0 Å². The third-order valence-corrected chi connectivity index (χ3v) is 6.46. The van der Waals surface area contributed by atoms with Crippen molar-refractivity contribution < 1.29 is 27.5 Å². The summed E-state index contributed by atoms with van der Waals surface area (Å²) in [7, 11) is 5.05. The van der Waals surface area contributed by atoms with E-state index in [0.29, 0.717) is 34.5 Å². The zero-order valence-corrected chi connectivity index (χ0v) is 20.1. The van der Waals surface area contributed by atoms with E-state index < -0.39 is 11.7 Å². The van der Waals surface area contributed by atoms with E-state index in [9.17, 15) is 22.8 Å². The largest absolute Gasteiger partial charge is 0.497 e. The number of carbonyl (C=O) groups excluding carboxylic acids is 2. The maximum absolute atomic E-state index is 13.6. The number of amides is 2. The molecule has 2 heterocycles. The van der Waals surface area contributed by atoms with Crippen LogP contribution in [0.3, 0.4) is 0 Å². The molecule has 3 aromatic rings. The molecule has 7 nitrogen and oxygen atoms in total. The number of ether oxygens (including phenoxy) is 1. The standard InChI is InChI=1S/C24H23F3N4O3S/c1-29(2)8-9-30-22(32)21(35-23(30)33)11-15-4-7-20-17(10-15)13-28-31(20)14-16-5-6-18(34-3)12-19(16)24(25,26)27/h4-7,10-13H,8-9,14H2,1-3H3/b21-11-. The highest BCUT2D eigenvalue weighted by Gasteiger charge is 2.35. The van der Waals surface area contributed by atoms with Gasteiger partial charge in [0.05, 0.1) is 35.8 Å². The number of benzene rings is 2. The Balaban J connectivity index is 1.58. The highest BCUT2D eigenvalue weighted by atomic mass is 32.2. The maximum atomic E-state index is 13.6. The molecule has 2 amide bonds. The van der Waals surface area contributed by atoms with Crippen LogP contribution < -0.4 is 4.74 Å². The number of hydrogen-bond acceptors (Lipinski definition) is 6. The third kappa shape index (κ3) is 5.35. The van der Waals surface area contributed by atoms with Gasteiger partial charge < -0.3 is 9.64 Å². The van der Waals surface area contributed by atoms with Crippen LogP contribution in [-0.2, 0) is 17.5 Å². The lowest BCUT2D eigenvalue weighted by Gasteiger charge is -2.15. The topological polar surface area (TPSA) is 67.7 Å². The van der Waals surface area contributed by atoms with Gasteiger partial charge in [0, 0.05) is 18.5 Å². The van der Waals surface area contributed by atoms with Crippen molar-refractivity contribution in [3.63, 3.8) is 0 Å². The molecule has 4 rings (SSSR count). The lowest BCUT2D eigenvalue weighted by Crippen LogP contribution is -2.34. The zero-order valence-electron chi connectivity index (χ0n) is 19.3. The van der Waals surface area contributed by atoms with Gasteiger partial charge in [-0.15, -0.1) is 0 Å². The van der Waals surface area contributed by atoms with E-state index >= 15 is 0 Å². The Kier molecular flexibility index (Phi) is 6.91. The number of thioether (sulfide) groups is 1. The average Bonchev–Trinajstić information content (AvgIpc) is 3.31. The summed E-state index contributed by atoms with van der Waals surface area (Å²) in [4.78, 5) is 28.3. The van der Waals surface area contributed by atoms with Gasteiger partial charge in [-0.05, 0) is 67.3 Å². The predicted molar refractivity (Wildman–Crippen MR) is 128 cm³/mol. The van der Waals surface area contributed by atoms with Crippen molar-refractivity contribution in [1.29, 1.82) is 0 Å². The first-order valence-corrected chi connectivity index (χ1v) is 11.5. The molecule has 1 aliphatic heterocycles. The molecule has 0 N–H and O–H groups in total. The smallest absolute Gasteiger partial charge is 0.416 e. The minimum Gasteiger partial charge on any atom is -0.497 e. The molecule has 0 unspecified atom stereocenters. The van der Waals surface area contributed by atoms with Crippen molar-refractivity contribution in [3.8, 4) is 5.75 Å². The summed E-state index contributed by atoms with van der Waals surface area (Å²) < 4.78 is 47.2. The van der Waals surface area contributed by atoms with Crippen molar-refractivity contribution in [2.75, 3.05) is 34.3 Å². The summed E-state index contributed by atoms with van der Waals surface area (Å²) in [5.41, 5.74) is 0.627. The second kappa shape index (κ2) is 9.74. The molecule has 35 heavy (non-hydrogen) atoms. The Labute approximate surface area is 204 Å². The first kappa shape index (κ1) is 24.8. The number of likely N-dealkylation sites (N-methyl/N-ethyl adjacent to an activating group) is 1. The van der Waals surface area contributed by atoms with Gasteiger partial charge >= 0.3 is 6.18 Å². The molecule has 184 valence electrons. The SMILES string of the molecule is COc1ccc(Cn2ncc3cc(/C=C4\SC(=O)N(CCN(C)C)C4=O)ccc32)c(C(F)(F)F)c1. The van der Waals surface area contributed by atoms with Gasteiger partial charge in [-0.2, -0.15) is 18.3 Å². The molecule has 0 bridgehead atoms. The molecule has 1 aliphatic rings. The summed E-state index contributed by atoms with van der Waals surface area (Å²) in [6, 6.07) is 9.11. The normalized spacial score (nSPS) is 15.7. The monoisotopic (exact) mass is 504 g/mol. The highest BCUT2D eigenvalue weighted by Crippen LogP contribution is 2.35. The van der Waals surface area contributed by atoms with Gasteiger partial charge in [-0.3, -0.25) is 19.2 Å². The van der Waals surface area contributed by atoms with E-state index in [2.05, 4.69) is 5.10 Å². The van der Waals surface area contributed by atoms with Crippen LogP contribution in [-0.4, -0.2) is 65.0 Å². The van der Waals surface area contributed by atoms with E-state index in [0.717, 1.165) is 17.8 Å². The fourth-order valence-electron chi connectivity index (χ4n) is 3.71. The minimum absolute atomic E-state index is 0.0683. The Bertz CT molecular complexity index is 1320. The van der Waals surface area contributed by atoms with Crippen LogP contribution in [0, 0.1) is 0 Å². The fraction of sp³-hybridized carbons (Fsp3) is 0.292. The third-order valence-electron chi connectivity index (χ3n) is 5.55. The van der Waals surface area contributed by atoms with Crippen LogP contribution in [0.15, 0.2) is 47.5 Å². The number of nitrogens with zero attached hydrogens (tertiary/aromatic N) is 4. The van der Waals surface area contributed by atoms with Crippen molar-refractivity contribution in [2.45, 2.75) is 12.7 Å². The Hall–Kier alpha value is -3.31. The molecule has 0 saturated carbocycles. The van der Waals surface area contributed by atoms with Crippen LogP contribution in [0.2, 0.25) is 0 Å². The molecule has 0 radical (unpaired) electrons. The van der Waals surface area contributed by atoms with Crippen molar-refractivity contribution in [2.24, 2.45) is 0 Å². The zero-order chi connectivity index (χ0) is 25.3. The van der Waals surface area contributed by atoms with E-state index in [-0.39, 0.29) is 29.0 Å². The van der Waals surface area contributed by atoms with Crippen LogP contribution in [0.25, 0.3) is 17.0 Å². The number of methoxy groups -OCH3 is 1. The molecule has 2 aromatic carbocycles. The van der Waals surface area contributed by atoms with Crippen LogP contribution >= 0.6 is 11.8 Å². The first-order valence-electron chi connectivity index (χ1n) is 10.7. The number of alkyl halides is 3. The Morgan fingerprint density at radius 1 is 1.14 bits per heavy atom. The Morgan fingerprint density at radius 2 is 1.91 bits per heavy atom. The number of fused-ring (bicyclic) bond motifs is 1. The highest BCUT2D eigenvalue weighted by molar-refractivity contribution is 8.18. The molecule has 0 atom stereocenters. The number of imide groups is 1. The van der Waals surface area contributed by atoms with Crippen LogP contribution in [0.5, 0.6) is 5.75 Å². The fourth-order valence-corrected chi connectivity index (χ4v) is 4.58. The van der Waals surface area contributed by atoms with Crippen LogP contribution in [0.1, 0.15) is 16.7 Å². The van der Waals surface area contributed by atoms with Crippen LogP contribution in [0.4, 0.5) is 18.0 Å². The summed E-state index contributed by atoms with van der Waals surface area (Å²) in [6.07, 6.45) is -1.33. The number of halogens is 3. The molecule has 1 aromatic heterocycles. The van der Waals surface area contributed by atoms with E-state index in [4.69, 9.17) is 4.74 Å². The molecular weight excluding hydrogens is 481 g/mol. The number of rotatable bonds is 7. The second-order valence-electron chi connectivity index (χ2n) is 8.28. The predicted octanol–water partition coefficient (Wildman–Crippen LogP) is 4.71. The summed E-state index contributed by atoms with van der Waals surface area (Å²) in [5.74, 6) is -0.209. The van der Waals surface area contributed by atoms with Crippen molar-refractivity contribution >= 4 is 39.9 Å². The molecular formula is C24H23F3N4O3S. The molecule has 0 aliphatic carbocycles. The number of aromatic nitrogens is 2. The number of carbonyl (C=O) groups is 2. The quantitative estimate of drug-likeness (QED) is 0.434. The van der Waals surface area contributed by atoms with Crippen molar-refractivity contribution in [3.05, 3.63) is 64.2 Å². The van der Waals surface area contributed by atoms with Gasteiger partial charge in [-0.1, -0.05) is 12.1 Å². The first-order chi connectivity index (χ1) is 16.6. The van der Waals surface area contributed by atoms with Gasteiger partial charge in [0.1, 0.15) is 5.75 Å². The van der Waals surface area contributed by atoms with Gasteiger partial charge in [-0.25, -0.2) is 0 Å². The molecule has 1 fully saturated rings.